The zero-order valence-corrected chi connectivity index (χ0v) is 18.2. The van der Waals surface area contributed by atoms with E-state index in [0.29, 0.717) is 16.7 Å². The molecule has 0 aromatic heterocycles. The largest absolute Gasteiger partial charge is 0.508 e. The first-order chi connectivity index (χ1) is 14.2. The topological polar surface area (TPSA) is 94.1 Å². The van der Waals surface area contributed by atoms with E-state index in [9.17, 15) is 15.2 Å². The van der Waals surface area contributed by atoms with Crippen molar-refractivity contribution in [2.75, 3.05) is 6.61 Å². The molecule has 0 bridgehead atoms. The maximum atomic E-state index is 13.0. The molecule has 1 aromatic rings. The van der Waals surface area contributed by atoms with Crippen LogP contribution in [0.15, 0.2) is 65.0 Å². The van der Waals surface area contributed by atoms with Crippen LogP contribution in [0, 0.1) is 29.6 Å². The smallest absolute Gasteiger partial charge is 0.334 e. The van der Waals surface area contributed by atoms with Gasteiger partial charge in [0.15, 0.2) is 0 Å². The Bertz CT molecular complexity index is 994. The number of carbonyl (C=O) groups is 1. The number of nitriles is 2. The molecule has 0 aliphatic heterocycles. The van der Waals surface area contributed by atoms with Crippen molar-refractivity contribution >= 4 is 5.97 Å². The van der Waals surface area contributed by atoms with Gasteiger partial charge in [-0.15, -0.1) is 0 Å². The number of allylic oxidation sites excluding steroid dienone is 5. The van der Waals surface area contributed by atoms with E-state index in [2.05, 4.69) is 12.6 Å². The van der Waals surface area contributed by atoms with Crippen molar-refractivity contribution in [2.45, 2.75) is 47.0 Å². The molecule has 0 radical (unpaired) electrons. The zero-order valence-electron chi connectivity index (χ0n) is 18.2. The molecule has 0 fully saturated rings. The number of benzene rings is 1. The van der Waals surface area contributed by atoms with Gasteiger partial charge >= 0.3 is 5.97 Å². The van der Waals surface area contributed by atoms with Gasteiger partial charge in [0.1, 0.15) is 12.4 Å². The molecule has 5 heteroatoms. The molecule has 30 heavy (non-hydrogen) atoms. The first kappa shape index (κ1) is 24.5. The molecule has 0 saturated carbocycles. The van der Waals surface area contributed by atoms with Crippen LogP contribution >= 0.6 is 0 Å². The van der Waals surface area contributed by atoms with Crippen LogP contribution in [0.4, 0.5) is 0 Å². The molecule has 0 spiro atoms. The third-order valence-corrected chi connectivity index (χ3v) is 4.69. The number of rotatable bonds is 8. The van der Waals surface area contributed by atoms with E-state index in [4.69, 9.17) is 10.00 Å². The van der Waals surface area contributed by atoms with E-state index in [-0.39, 0.29) is 18.8 Å². The predicted octanol–water partition coefficient (Wildman–Crippen LogP) is 5.71. The number of aliphatic hydroxyl groups is 1. The summed E-state index contributed by atoms with van der Waals surface area (Å²) in [5.74, 6) is -1.36. The van der Waals surface area contributed by atoms with Crippen molar-refractivity contribution in [3.05, 3.63) is 81.7 Å². The Hall–Kier alpha value is -3.57. The minimum Gasteiger partial charge on any atom is -0.508 e. The molecule has 0 heterocycles. The Balaban J connectivity index is 3.80. The van der Waals surface area contributed by atoms with Crippen LogP contribution in [-0.4, -0.2) is 17.7 Å². The number of esters is 1. The first-order valence-electron chi connectivity index (χ1n) is 9.62. The maximum absolute atomic E-state index is 13.0. The van der Waals surface area contributed by atoms with E-state index in [0.717, 1.165) is 22.3 Å². The second-order valence-electron chi connectivity index (χ2n) is 7.15. The summed E-state index contributed by atoms with van der Waals surface area (Å²) in [5, 5.41) is 28.4. The fourth-order valence-corrected chi connectivity index (χ4v) is 3.09. The lowest BCUT2D eigenvalue weighted by Crippen LogP contribution is -2.20. The average molecular weight is 405 g/mol. The van der Waals surface area contributed by atoms with Gasteiger partial charge in [-0.3, -0.25) is 0 Å². The van der Waals surface area contributed by atoms with Crippen LogP contribution < -0.4 is 0 Å². The third kappa shape index (κ3) is 6.22. The fraction of sp³-hybridized carbons (Fsp3) is 0.320. The highest BCUT2D eigenvalue weighted by Gasteiger charge is 2.31. The van der Waals surface area contributed by atoms with Crippen LogP contribution in [0.25, 0.3) is 0 Å². The SMILES string of the molecule is C=C(O)/C(=C\C(C)=C/C)C(C(C(=O)OCCC#N)=C(C)C)c1ccc(C#N)cc1C. The average Bonchev–Trinajstić information content (AvgIpc) is 2.69. The number of aryl methyl sites for hydroxylation is 1. The van der Waals surface area contributed by atoms with Gasteiger partial charge in [-0.25, -0.2) is 4.79 Å². The van der Waals surface area contributed by atoms with Gasteiger partial charge in [0.25, 0.3) is 0 Å². The van der Waals surface area contributed by atoms with E-state index in [1.165, 1.54) is 0 Å². The molecular weight excluding hydrogens is 376 g/mol. The van der Waals surface area contributed by atoms with Gasteiger partial charge in [-0.2, -0.15) is 10.5 Å². The van der Waals surface area contributed by atoms with Crippen molar-refractivity contribution < 1.29 is 14.6 Å². The second-order valence-corrected chi connectivity index (χ2v) is 7.15. The Morgan fingerprint density at radius 1 is 1.30 bits per heavy atom. The third-order valence-electron chi connectivity index (χ3n) is 4.69. The van der Waals surface area contributed by atoms with E-state index in [1.54, 1.807) is 38.1 Å². The van der Waals surface area contributed by atoms with Crippen LogP contribution in [0.5, 0.6) is 0 Å². The lowest BCUT2D eigenvalue weighted by molar-refractivity contribution is -0.139. The van der Waals surface area contributed by atoms with Crippen LogP contribution in [-0.2, 0) is 9.53 Å². The molecule has 0 saturated heterocycles. The Morgan fingerprint density at radius 2 is 1.97 bits per heavy atom. The number of hydrogen-bond acceptors (Lipinski definition) is 5. The van der Waals surface area contributed by atoms with Crippen LogP contribution in [0.1, 0.15) is 56.7 Å². The van der Waals surface area contributed by atoms with Gasteiger partial charge in [-0.05, 0) is 57.9 Å². The van der Waals surface area contributed by atoms with Crippen LogP contribution in [0.3, 0.4) is 0 Å². The minimum atomic E-state index is -0.648. The first-order valence-corrected chi connectivity index (χ1v) is 9.62. The van der Waals surface area contributed by atoms with Crippen molar-refractivity contribution in [3.8, 4) is 12.1 Å². The zero-order chi connectivity index (χ0) is 22.8. The highest BCUT2D eigenvalue weighted by molar-refractivity contribution is 5.92. The van der Waals surface area contributed by atoms with Gasteiger partial charge in [0.2, 0.25) is 0 Å². The highest BCUT2D eigenvalue weighted by atomic mass is 16.5. The number of aliphatic hydroxyl groups excluding tert-OH is 1. The van der Waals surface area contributed by atoms with E-state index < -0.39 is 11.9 Å². The summed E-state index contributed by atoms with van der Waals surface area (Å²) in [5.41, 5.74) is 4.50. The lowest BCUT2D eigenvalue weighted by atomic mass is 9.79. The highest BCUT2D eigenvalue weighted by Crippen LogP contribution is 2.39. The number of ether oxygens (including phenoxy) is 1. The predicted molar refractivity (Wildman–Crippen MR) is 117 cm³/mol. The van der Waals surface area contributed by atoms with Gasteiger partial charge in [-0.1, -0.05) is 35.9 Å². The number of nitrogens with zero attached hydrogens (tertiary/aromatic N) is 2. The lowest BCUT2D eigenvalue weighted by Gasteiger charge is -2.26. The molecule has 1 N–H and O–H groups in total. The summed E-state index contributed by atoms with van der Waals surface area (Å²) < 4.78 is 5.33. The number of carbonyl (C=O) groups excluding carboxylic acids is 1. The molecule has 0 aliphatic carbocycles. The summed E-state index contributed by atoms with van der Waals surface area (Å²) in [6.07, 6.45) is 3.77. The Morgan fingerprint density at radius 3 is 2.43 bits per heavy atom. The number of hydrogen-bond donors (Lipinski definition) is 1. The molecule has 1 rings (SSSR count). The maximum Gasteiger partial charge on any atom is 0.334 e. The van der Waals surface area contributed by atoms with Gasteiger partial charge in [0.05, 0.1) is 24.1 Å². The second kappa shape index (κ2) is 11.4. The minimum absolute atomic E-state index is 0.0157. The summed E-state index contributed by atoms with van der Waals surface area (Å²) in [4.78, 5) is 13.0. The molecule has 1 unspecified atom stereocenters. The molecule has 156 valence electrons. The van der Waals surface area contributed by atoms with Crippen molar-refractivity contribution in [2.24, 2.45) is 0 Å². The van der Waals surface area contributed by atoms with Crippen molar-refractivity contribution in [1.82, 2.24) is 0 Å². The molecule has 0 amide bonds. The van der Waals surface area contributed by atoms with E-state index >= 15 is 0 Å². The van der Waals surface area contributed by atoms with Gasteiger partial charge < -0.3 is 9.84 Å². The molecule has 5 nitrogen and oxygen atoms in total. The van der Waals surface area contributed by atoms with Crippen molar-refractivity contribution in [3.63, 3.8) is 0 Å². The summed E-state index contributed by atoms with van der Waals surface area (Å²) in [7, 11) is 0. The summed E-state index contributed by atoms with van der Waals surface area (Å²) in [6, 6.07) is 9.27. The summed E-state index contributed by atoms with van der Waals surface area (Å²) in [6.45, 7) is 12.9. The monoisotopic (exact) mass is 404 g/mol. The summed E-state index contributed by atoms with van der Waals surface area (Å²) >= 11 is 0. The van der Waals surface area contributed by atoms with Crippen molar-refractivity contribution in [1.29, 1.82) is 10.5 Å². The Kier molecular flexibility index (Phi) is 9.33. The molecule has 1 atom stereocenters. The Labute approximate surface area is 178 Å². The normalized spacial score (nSPS) is 12.4. The quantitative estimate of drug-likeness (QED) is 0.197. The molecule has 1 aromatic carbocycles. The molecular formula is C25H28N2O3. The van der Waals surface area contributed by atoms with E-state index in [1.807, 2.05) is 32.9 Å². The van der Waals surface area contributed by atoms with Crippen LogP contribution in [0.2, 0.25) is 0 Å². The standard InChI is InChI=1S/C25H28N2O3/c1-7-17(4)13-22(19(6)28)24(21-10-9-20(15-27)14-18(21)5)23(16(2)3)25(29)30-12-8-11-26/h7,9-10,13-14,24,28H,6,8,12H2,1-5H3/b17-7-,22-13+. The van der Waals surface area contributed by atoms with Gasteiger partial charge in [0, 0.05) is 17.1 Å². The fourth-order valence-electron chi connectivity index (χ4n) is 3.09. The molecule has 0 aliphatic rings.